The molecule has 0 aliphatic heterocycles. The van der Waals surface area contributed by atoms with Crippen molar-refractivity contribution in [1.29, 1.82) is 0 Å². The van der Waals surface area contributed by atoms with Crippen LogP contribution in [0.3, 0.4) is 0 Å². The monoisotopic (exact) mass is 168 g/mol. The molecule has 3 N–H and O–H groups in total. The highest BCUT2D eigenvalue weighted by atomic mass is 19.4. The number of halogens is 3. The average molecular weight is 168 g/mol. The molecule has 0 heterocycles. The number of hydrogen-bond acceptors (Lipinski definition) is 2. The Bertz CT molecular complexity index is 141. The van der Waals surface area contributed by atoms with Crippen LogP contribution in [0, 0.1) is 0 Å². The van der Waals surface area contributed by atoms with Crippen LogP contribution in [-0.2, 0) is 0 Å². The lowest BCUT2D eigenvalue weighted by Gasteiger charge is -2.16. The Kier molecular flexibility index (Phi) is 3.54. The highest BCUT2D eigenvalue weighted by molar-refractivity contribution is 5.11. The van der Waals surface area contributed by atoms with Crippen molar-refractivity contribution in [2.45, 2.75) is 12.2 Å². The van der Waals surface area contributed by atoms with Gasteiger partial charge in [0.25, 0.3) is 0 Å². The molecule has 2 nitrogen and oxygen atoms in total. The van der Waals surface area contributed by atoms with E-state index in [1.807, 2.05) is 0 Å². The van der Waals surface area contributed by atoms with Gasteiger partial charge in [-0.2, -0.15) is 13.2 Å². The van der Waals surface area contributed by atoms with Crippen molar-refractivity contribution in [1.82, 2.24) is 5.32 Å². The molecule has 0 aromatic rings. The van der Waals surface area contributed by atoms with Gasteiger partial charge in [0, 0.05) is 18.2 Å². The maximum absolute atomic E-state index is 11.8. The first-order chi connectivity index (χ1) is 4.89. The molecule has 0 spiro atoms. The van der Waals surface area contributed by atoms with Crippen LogP contribution < -0.4 is 11.1 Å². The number of nitrogens with one attached hydrogen (secondary N) is 1. The van der Waals surface area contributed by atoms with Gasteiger partial charge in [0.15, 0.2) is 0 Å². The predicted octanol–water partition coefficient (Wildman–Crippen LogP) is 0.652. The highest BCUT2D eigenvalue weighted by Crippen LogP contribution is 2.25. The van der Waals surface area contributed by atoms with Gasteiger partial charge in [-0.1, -0.05) is 6.58 Å². The van der Waals surface area contributed by atoms with Crippen molar-refractivity contribution in [3.63, 3.8) is 0 Å². The minimum Gasteiger partial charge on any atom is -0.323 e. The molecule has 0 amide bonds. The van der Waals surface area contributed by atoms with E-state index in [0.29, 0.717) is 0 Å². The summed E-state index contributed by atoms with van der Waals surface area (Å²) in [5, 5.41) is 2.53. The van der Waals surface area contributed by atoms with Crippen molar-refractivity contribution >= 4 is 0 Å². The van der Waals surface area contributed by atoms with E-state index in [-0.39, 0.29) is 6.54 Å². The molecule has 0 saturated carbocycles. The number of rotatable bonds is 3. The molecular formula is C6H11F3N2. The van der Waals surface area contributed by atoms with E-state index in [4.69, 9.17) is 5.73 Å². The minimum absolute atomic E-state index is 0.0817. The maximum atomic E-state index is 11.8. The Hall–Kier alpha value is -0.550. The van der Waals surface area contributed by atoms with E-state index in [2.05, 4.69) is 11.9 Å². The Morgan fingerprint density at radius 1 is 1.64 bits per heavy atom. The van der Waals surface area contributed by atoms with E-state index in [1.54, 1.807) is 0 Å². The molecule has 0 rings (SSSR count). The van der Waals surface area contributed by atoms with E-state index < -0.39 is 17.8 Å². The molecule has 0 radical (unpaired) electrons. The first-order valence-corrected chi connectivity index (χ1v) is 3.05. The molecule has 0 aliphatic carbocycles. The van der Waals surface area contributed by atoms with Crippen LogP contribution in [0.15, 0.2) is 12.2 Å². The summed E-state index contributed by atoms with van der Waals surface area (Å²) in [6.45, 7) is 2.94. The van der Waals surface area contributed by atoms with Gasteiger partial charge in [0.05, 0.1) is 0 Å². The first-order valence-electron chi connectivity index (χ1n) is 3.05. The standard InChI is InChI=1S/C6H11F3N2/c1-4(6(7,8)9)5(10)3-11-2/h5,11H,1,3,10H2,2H3. The second kappa shape index (κ2) is 3.73. The molecule has 0 fully saturated rings. The second-order valence-corrected chi connectivity index (χ2v) is 2.19. The minimum atomic E-state index is -4.38. The molecule has 0 aromatic carbocycles. The summed E-state index contributed by atoms with van der Waals surface area (Å²) in [5.41, 5.74) is 4.24. The number of hydrogen-bond donors (Lipinski definition) is 2. The van der Waals surface area contributed by atoms with Crippen LogP contribution >= 0.6 is 0 Å². The number of alkyl halides is 3. The van der Waals surface area contributed by atoms with Gasteiger partial charge in [0.1, 0.15) is 0 Å². The zero-order chi connectivity index (χ0) is 9.07. The average Bonchev–Trinajstić information content (AvgIpc) is 1.85. The van der Waals surface area contributed by atoms with Crippen molar-refractivity contribution in [2.24, 2.45) is 5.73 Å². The van der Waals surface area contributed by atoms with Crippen LogP contribution in [0.1, 0.15) is 0 Å². The van der Waals surface area contributed by atoms with Gasteiger partial charge in [-0.05, 0) is 7.05 Å². The van der Waals surface area contributed by atoms with Crippen LogP contribution in [0.2, 0.25) is 0 Å². The van der Waals surface area contributed by atoms with Gasteiger partial charge >= 0.3 is 6.18 Å². The summed E-state index contributed by atoms with van der Waals surface area (Å²) in [4.78, 5) is 0. The van der Waals surface area contributed by atoms with Crippen molar-refractivity contribution in [2.75, 3.05) is 13.6 Å². The van der Waals surface area contributed by atoms with Crippen LogP contribution in [0.5, 0.6) is 0 Å². The van der Waals surface area contributed by atoms with Gasteiger partial charge in [-0.15, -0.1) is 0 Å². The number of likely N-dealkylation sites (N-methyl/N-ethyl adjacent to an activating group) is 1. The quantitative estimate of drug-likeness (QED) is 0.607. The van der Waals surface area contributed by atoms with Crippen LogP contribution in [0.25, 0.3) is 0 Å². The van der Waals surface area contributed by atoms with Gasteiger partial charge in [-0.3, -0.25) is 0 Å². The molecule has 1 atom stereocenters. The fourth-order valence-electron chi connectivity index (χ4n) is 0.553. The molecular weight excluding hydrogens is 157 g/mol. The second-order valence-electron chi connectivity index (χ2n) is 2.19. The largest absolute Gasteiger partial charge is 0.413 e. The summed E-state index contributed by atoms with van der Waals surface area (Å²) in [6, 6.07) is -1.06. The van der Waals surface area contributed by atoms with Crippen LogP contribution in [0.4, 0.5) is 13.2 Å². The van der Waals surface area contributed by atoms with Crippen molar-refractivity contribution < 1.29 is 13.2 Å². The third-order valence-corrected chi connectivity index (χ3v) is 1.24. The molecule has 66 valence electrons. The molecule has 5 heteroatoms. The summed E-state index contributed by atoms with van der Waals surface area (Å²) >= 11 is 0. The zero-order valence-electron chi connectivity index (χ0n) is 6.20. The van der Waals surface area contributed by atoms with Gasteiger partial charge in [-0.25, -0.2) is 0 Å². The summed E-state index contributed by atoms with van der Waals surface area (Å²) in [6.07, 6.45) is -4.38. The fraction of sp³-hybridized carbons (Fsp3) is 0.667. The fourth-order valence-corrected chi connectivity index (χ4v) is 0.553. The smallest absolute Gasteiger partial charge is 0.323 e. The predicted molar refractivity (Wildman–Crippen MR) is 37.1 cm³/mol. The lowest BCUT2D eigenvalue weighted by Crippen LogP contribution is -2.38. The summed E-state index contributed by atoms with van der Waals surface area (Å²) in [5.74, 6) is 0. The molecule has 0 bridgehead atoms. The third-order valence-electron chi connectivity index (χ3n) is 1.24. The van der Waals surface area contributed by atoms with Crippen molar-refractivity contribution in [3.05, 3.63) is 12.2 Å². The first kappa shape index (κ1) is 10.4. The molecule has 0 aromatic heterocycles. The molecule has 11 heavy (non-hydrogen) atoms. The third kappa shape index (κ3) is 3.38. The lowest BCUT2D eigenvalue weighted by atomic mass is 10.1. The molecule has 0 aliphatic rings. The highest BCUT2D eigenvalue weighted by Gasteiger charge is 2.34. The van der Waals surface area contributed by atoms with E-state index in [1.165, 1.54) is 7.05 Å². The summed E-state index contributed by atoms with van der Waals surface area (Å²) in [7, 11) is 1.53. The topological polar surface area (TPSA) is 38.0 Å². The zero-order valence-corrected chi connectivity index (χ0v) is 6.20. The van der Waals surface area contributed by atoms with Gasteiger partial charge in [0.2, 0.25) is 0 Å². The van der Waals surface area contributed by atoms with E-state index >= 15 is 0 Å². The number of nitrogens with two attached hydrogens (primary N) is 1. The lowest BCUT2D eigenvalue weighted by molar-refractivity contribution is -0.0949. The van der Waals surface area contributed by atoms with Gasteiger partial charge < -0.3 is 11.1 Å². The normalized spacial score (nSPS) is 14.6. The Morgan fingerprint density at radius 2 is 2.09 bits per heavy atom. The maximum Gasteiger partial charge on any atom is 0.413 e. The molecule has 1 unspecified atom stereocenters. The SMILES string of the molecule is C=C(C(N)CNC)C(F)(F)F. The molecule has 0 saturated heterocycles. The van der Waals surface area contributed by atoms with Crippen molar-refractivity contribution in [3.8, 4) is 0 Å². The summed E-state index contributed by atoms with van der Waals surface area (Å²) < 4.78 is 35.4. The van der Waals surface area contributed by atoms with E-state index in [9.17, 15) is 13.2 Å². The van der Waals surface area contributed by atoms with Crippen LogP contribution in [-0.4, -0.2) is 25.8 Å². The Balaban J connectivity index is 4.03. The Morgan fingerprint density at radius 3 is 2.36 bits per heavy atom. The Labute approximate surface area is 63.3 Å². The van der Waals surface area contributed by atoms with E-state index in [0.717, 1.165) is 0 Å².